The summed E-state index contributed by atoms with van der Waals surface area (Å²) in [5, 5.41) is 0. The third kappa shape index (κ3) is 11.4. The van der Waals surface area contributed by atoms with Crippen molar-refractivity contribution in [1.82, 2.24) is 0 Å². The monoisotopic (exact) mass is 424 g/mol. The van der Waals surface area contributed by atoms with Gasteiger partial charge in [-0.25, -0.2) is 0 Å². The molecule has 1 rings (SSSR count). The maximum atomic E-state index is 12.7. The summed E-state index contributed by atoms with van der Waals surface area (Å²) in [4.78, 5) is 25.4. The van der Waals surface area contributed by atoms with Gasteiger partial charge in [0.05, 0.1) is 25.0 Å². The van der Waals surface area contributed by atoms with Crippen molar-refractivity contribution in [2.75, 3.05) is 13.2 Å². The van der Waals surface area contributed by atoms with Gasteiger partial charge in [0.15, 0.2) is 0 Å². The molecule has 4 nitrogen and oxygen atoms in total. The molecule has 0 saturated heterocycles. The molecule has 0 aromatic rings. The average Bonchev–Trinajstić information content (AvgIpc) is 2.69. The molecule has 0 spiro atoms. The molecule has 176 valence electrons. The Hall–Kier alpha value is -1.06. The highest BCUT2D eigenvalue weighted by molar-refractivity contribution is 5.82. The van der Waals surface area contributed by atoms with E-state index in [0.717, 1.165) is 38.5 Å². The molecule has 0 bridgehead atoms. The fraction of sp³-hybridized carbons (Fsp3) is 0.923. The van der Waals surface area contributed by atoms with Gasteiger partial charge in [-0.05, 0) is 49.4 Å². The van der Waals surface area contributed by atoms with Gasteiger partial charge in [0, 0.05) is 0 Å². The molecule has 30 heavy (non-hydrogen) atoms. The van der Waals surface area contributed by atoms with Crippen LogP contribution in [0.15, 0.2) is 0 Å². The first-order chi connectivity index (χ1) is 14.2. The minimum absolute atomic E-state index is 0.197. The van der Waals surface area contributed by atoms with Gasteiger partial charge in [-0.2, -0.15) is 0 Å². The molecule has 1 saturated carbocycles. The third-order valence-electron chi connectivity index (χ3n) is 6.35. The van der Waals surface area contributed by atoms with E-state index in [1.54, 1.807) is 0 Å². The number of hydrogen-bond acceptors (Lipinski definition) is 4. The molecule has 4 atom stereocenters. The lowest BCUT2D eigenvalue weighted by Crippen LogP contribution is -2.36. The second-order valence-electron chi connectivity index (χ2n) is 10.6. The summed E-state index contributed by atoms with van der Waals surface area (Å²) >= 11 is 0. The topological polar surface area (TPSA) is 52.6 Å². The Balaban J connectivity index is 2.41. The Morgan fingerprint density at radius 3 is 1.37 bits per heavy atom. The molecule has 0 amide bonds. The zero-order chi connectivity index (χ0) is 22.5. The number of esters is 2. The van der Waals surface area contributed by atoms with E-state index in [2.05, 4.69) is 41.5 Å². The van der Waals surface area contributed by atoms with E-state index in [1.807, 2.05) is 0 Å². The highest BCUT2D eigenvalue weighted by Crippen LogP contribution is 2.32. The van der Waals surface area contributed by atoms with Gasteiger partial charge in [-0.3, -0.25) is 9.59 Å². The lowest BCUT2D eigenvalue weighted by atomic mass is 9.79. The average molecular weight is 425 g/mol. The van der Waals surface area contributed by atoms with Crippen LogP contribution in [-0.4, -0.2) is 25.2 Å². The van der Waals surface area contributed by atoms with Crippen LogP contribution in [-0.2, 0) is 19.1 Å². The van der Waals surface area contributed by atoms with Crippen LogP contribution < -0.4 is 0 Å². The van der Waals surface area contributed by atoms with Crippen LogP contribution in [0.4, 0.5) is 0 Å². The van der Waals surface area contributed by atoms with Crippen molar-refractivity contribution in [1.29, 1.82) is 0 Å². The minimum Gasteiger partial charge on any atom is -0.465 e. The van der Waals surface area contributed by atoms with Crippen LogP contribution in [0.25, 0.3) is 0 Å². The highest BCUT2D eigenvalue weighted by Gasteiger charge is 2.38. The van der Waals surface area contributed by atoms with Gasteiger partial charge in [0.1, 0.15) is 0 Å². The van der Waals surface area contributed by atoms with Crippen molar-refractivity contribution in [3.8, 4) is 0 Å². The van der Waals surface area contributed by atoms with Crippen molar-refractivity contribution in [2.45, 2.75) is 106 Å². The van der Waals surface area contributed by atoms with Gasteiger partial charge in [-0.15, -0.1) is 0 Å². The summed E-state index contributed by atoms with van der Waals surface area (Å²) in [6, 6.07) is 0. The van der Waals surface area contributed by atoms with Gasteiger partial charge in [0.25, 0.3) is 0 Å². The lowest BCUT2D eigenvalue weighted by molar-refractivity contribution is -0.164. The molecule has 4 unspecified atom stereocenters. The van der Waals surface area contributed by atoms with Crippen LogP contribution in [0.1, 0.15) is 106 Å². The Morgan fingerprint density at radius 2 is 1.03 bits per heavy atom. The first-order valence-electron chi connectivity index (χ1n) is 12.5. The zero-order valence-corrected chi connectivity index (χ0v) is 20.6. The fourth-order valence-electron chi connectivity index (χ4n) is 4.27. The van der Waals surface area contributed by atoms with Crippen LogP contribution in [0, 0.1) is 35.5 Å². The number of ether oxygens (including phenoxy) is 2. The summed E-state index contributed by atoms with van der Waals surface area (Å²) in [6.07, 6.45) is 10.4. The van der Waals surface area contributed by atoms with Crippen molar-refractivity contribution in [3.63, 3.8) is 0 Å². The number of hydrogen-bond donors (Lipinski definition) is 0. The number of carbonyl (C=O) groups excluding carboxylic acids is 2. The van der Waals surface area contributed by atoms with Gasteiger partial charge >= 0.3 is 11.9 Å². The minimum atomic E-state index is -0.328. The Bertz CT molecular complexity index is 441. The van der Waals surface area contributed by atoms with Gasteiger partial charge < -0.3 is 9.47 Å². The van der Waals surface area contributed by atoms with Crippen molar-refractivity contribution < 1.29 is 19.1 Å². The molecule has 0 radical (unpaired) electrons. The fourth-order valence-corrected chi connectivity index (χ4v) is 4.27. The first kappa shape index (κ1) is 27.0. The van der Waals surface area contributed by atoms with Gasteiger partial charge in [-0.1, -0.05) is 80.1 Å². The smallest absolute Gasteiger partial charge is 0.309 e. The van der Waals surface area contributed by atoms with Crippen LogP contribution in [0.5, 0.6) is 0 Å². The summed E-state index contributed by atoms with van der Waals surface area (Å²) in [6.45, 7) is 14.1. The molecule has 0 N–H and O–H groups in total. The van der Waals surface area contributed by atoms with E-state index in [4.69, 9.17) is 9.47 Å². The normalized spacial score (nSPS) is 21.5. The van der Waals surface area contributed by atoms with E-state index in [1.165, 1.54) is 25.7 Å². The van der Waals surface area contributed by atoms with Crippen LogP contribution >= 0.6 is 0 Å². The molecule has 0 heterocycles. The van der Waals surface area contributed by atoms with Crippen LogP contribution in [0.3, 0.4) is 0 Å². The highest BCUT2D eigenvalue weighted by atomic mass is 16.5. The first-order valence-corrected chi connectivity index (χ1v) is 12.5. The maximum absolute atomic E-state index is 12.7. The molecule has 1 aliphatic carbocycles. The van der Waals surface area contributed by atoms with E-state index in [0.29, 0.717) is 36.9 Å². The van der Waals surface area contributed by atoms with Gasteiger partial charge in [0.2, 0.25) is 0 Å². The summed E-state index contributed by atoms with van der Waals surface area (Å²) < 4.78 is 11.3. The molecular weight excluding hydrogens is 376 g/mol. The predicted octanol–water partition coefficient (Wildman–Crippen LogP) is 6.80. The zero-order valence-electron chi connectivity index (χ0n) is 20.6. The summed E-state index contributed by atoms with van der Waals surface area (Å²) in [7, 11) is 0. The number of rotatable bonds is 14. The van der Waals surface area contributed by atoms with Crippen molar-refractivity contribution in [3.05, 3.63) is 0 Å². The maximum Gasteiger partial charge on any atom is 0.309 e. The van der Waals surface area contributed by atoms with E-state index >= 15 is 0 Å². The second-order valence-corrected chi connectivity index (χ2v) is 10.6. The molecule has 4 heteroatoms. The lowest BCUT2D eigenvalue weighted by Gasteiger charge is -2.29. The molecule has 0 aliphatic heterocycles. The molecule has 0 aromatic heterocycles. The Labute approximate surface area is 185 Å². The predicted molar refractivity (Wildman–Crippen MR) is 123 cm³/mol. The quantitative estimate of drug-likeness (QED) is 0.288. The van der Waals surface area contributed by atoms with Crippen molar-refractivity contribution in [2.24, 2.45) is 35.5 Å². The summed E-state index contributed by atoms with van der Waals surface area (Å²) in [5.41, 5.74) is 0. The summed E-state index contributed by atoms with van der Waals surface area (Å²) in [5.74, 6) is 1.12. The molecule has 1 fully saturated rings. The van der Waals surface area contributed by atoms with Crippen molar-refractivity contribution >= 4 is 11.9 Å². The molecule has 0 aromatic carbocycles. The van der Waals surface area contributed by atoms with Crippen LogP contribution in [0.2, 0.25) is 0 Å². The van der Waals surface area contributed by atoms with E-state index < -0.39 is 0 Å². The Morgan fingerprint density at radius 1 is 0.667 bits per heavy atom. The second kappa shape index (κ2) is 14.9. The third-order valence-corrected chi connectivity index (χ3v) is 6.35. The largest absolute Gasteiger partial charge is 0.465 e. The van der Waals surface area contributed by atoms with E-state index in [-0.39, 0.29) is 23.8 Å². The standard InChI is InChI=1S/C26H48O4/c1-19(2)11-9-13-21(5)17-29-25(27)23-15-7-8-16-24(23)26(28)30-18-22(6)14-10-12-20(3)4/h19-24H,7-18H2,1-6H3. The Kier molecular flexibility index (Phi) is 13.4. The van der Waals surface area contributed by atoms with E-state index in [9.17, 15) is 9.59 Å². The SMILES string of the molecule is CC(C)CCCC(C)COC(=O)C1CCCCC1C(=O)OCC(C)CCCC(C)C. The molecular formula is C26H48O4. The molecule has 1 aliphatic rings. The number of carbonyl (C=O) groups is 2.